The number of hydrogen-bond acceptors (Lipinski definition) is 4. The Kier molecular flexibility index (Phi) is 2.79. The van der Waals surface area contributed by atoms with Gasteiger partial charge in [0.05, 0.1) is 26.1 Å². The van der Waals surface area contributed by atoms with E-state index in [9.17, 15) is 0 Å². The van der Waals surface area contributed by atoms with Crippen molar-refractivity contribution in [3.05, 3.63) is 36.7 Å². The molecule has 0 bridgehead atoms. The number of hydrogen-bond donors (Lipinski definition) is 1. The Balaban J connectivity index is 2.09. The number of H-pyrrole nitrogens is 1. The van der Waals surface area contributed by atoms with Crippen molar-refractivity contribution in [3.63, 3.8) is 0 Å². The third kappa shape index (κ3) is 1.99. The van der Waals surface area contributed by atoms with E-state index in [1.54, 1.807) is 20.4 Å². The number of fused-ring (bicyclic) bond motifs is 1. The van der Waals surface area contributed by atoms with Gasteiger partial charge in [0.25, 0.3) is 0 Å². The molecule has 5 nitrogen and oxygen atoms in total. The summed E-state index contributed by atoms with van der Waals surface area (Å²) in [6, 6.07) is 7.58. The van der Waals surface area contributed by atoms with Crippen molar-refractivity contribution in [1.82, 2.24) is 15.0 Å². The number of nitrogens with zero attached hydrogens (tertiary/aromatic N) is 2. The minimum absolute atomic E-state index is 0.677. The Hall–Kier alpha value is -2.56. The molecule has 0 saturated carbocycles. The maximum absolute atomic E-state index is 5.29. The second-order valence-electron chi connectivity index (χ2n) is 4.04. The Morgan fingerprint density at radius 2 is 1.89 bits per heavy atom. The molecule has 0 amide bonds. The lowest BCUT2D eigenvalue weighted by Crippen LogP contribution is -1.92. The Bertz CT molecular complexity index is 722. The van der Waals surface area contributed by atoms with Crippen LogP contribution in [0.3, 0.4) is 0 Å². The highest BCUT2D eigenvalue weighted by Crippen LogP contribution is 2.31. The minimum Gasteiger partial charge on any atom is -0.493 e. The van der Waals surface area contributed by atoms with E-state index in [0.717, 1.165) is 22.4 Å². The van der Waals surface area contributed by atoms with Crippen LogP contribution in [0.2, 0.25) is 0 Å². The van der Waals surface area contributed by atoms with Crippen LogP contribution in [0.15, 0.2) is 36.7 Å². The summed E-state index contributed by atoms with van der Waals surface area (Å²) in [5.74, 6) is 1.37. The van der Waals surface area contributed by atoms with Crippen molar-refractivity contribution >= 4 is 11.2 Å². The van der Waals surface area contributed by atoms with Crippen LogP contribution in [0.25, 0.3) is 22.4 Å². The largest absolute Gasteiger partial charge is 0.493 e. The first-order chi connectivity index (χ1) is 9.31. The van der Waals surface area contributed by atoms with Gasteiger partial charge < -0.3 is 14.5 Å². The van der Waals surface area contributed by atoms with Crippen LogP contribution in [0.1, 0.15) is 0 Å². The summed E-state index contributed by atoms with van der Waals surface area (Å²) >= 11 is 0. The van der Waals surface area contributed by atoms with Crippen molar-refractivity contribution in [2.75, 3.05) is 14.2 Å². The summed E-state index contributed by atoms with van der Waals surface area (Å²) in [6.07, 6.45) is 3.56. The molecule has 1 aromatic carbocycles. The van der Waals surface area contributed by atoms with E-state index < -0.39 is 0 Å². The lowest BCUT2D eigenvalue weighted by atomic mass is 10.1. The number of methoxy groups -OCH3 is 2. The Morgan fingerprint density at radius 3 is 2.68 bits per heavy atom. The van der Waals surface area contributed by atoms with E-state index >= 15 is 0 Å². The molecule has 0 fully saturated rings. The molecule has 0 radical (unpaired) electrons. The number of aromatic amines is 1. The fourth-order valence-corrected chi connectivity index (χ4v) is 1.96. The van der Waals surface area contributed by atoms with Crippen LogP contribution in [0, 0.1) is 0 Å². The molecule has 5 heteroatoms. The standard InChI is InChI=1S/C14H13N3O2/c1-18-12-4-3-9(7-13(12)19-2)11-8-16-14-10(17-11)5-6-15-14/h3-8H,1-2H3,(H,15,16). The van der Waals surface area contributed by atoms with Crippen LogP contribution in [-0.4, -0.2) is 29.2 Å². The van der Waals surface area contributed by atoms with Gasteiger partial charge in [-0.2, -0.15) is 0 Å². The molecule has 3 rings (SSSR count). The predicted octanol–water partition coefficient (Wildman–Crippen LogP) is 2.64. The zero-order valence-corrected chi connectivity index (χ0v) is 10.7. The highest BCUT2D eigenvalue weighted by atomic mass is 16.5. The van der Waals surface area contributed by atoms with E-state index in [2.05, 4.69) is 15.0 Å². The average Bonchev–Trinajstić information content (AvgIpc) is 2.93. The van der Waals surface area contributed by atoms with Crippen LogP contribution >= 0.6 is 0 Å². The number of ether oxygens (including phenoxy) is 2. The van der Waals surface area contributed by atoms with E-state index in [-0.39, 0.29) is 0 Å². The average molecular weight is 255 g/mol. The van der Waals surface area contributed by atoms with Gasteiger partial charge in [0.2, 0.25) is 0 Å². The fraction of sp³-hybridized carbons (Fsp3) is 0.143. The third-order valence-corrected chi connectivity index (χ3v) is 2.94. The lowest BCUT2D eigenvalue weighted by Gasteiger charge is -2.09. The molecule has 0 aliphatic rings. The van der Waals surface area contributed by atoms with Gasteiger partial charge >= 0.3 is 0 Å². The number of rotatable bonds is 3. The van der Waals surface area contributed by atoms with Crippen molar-refractivity contribution in [3.8, 4) is 22.8 Å². The van der Waals surface area contributed by atoms with E-state index in [1.165, 1.54) is 0 Å². The number of benzene rings is 1. The van der Waals surface area contributed by atoms with E-state index in [0.29, 0.717) is 11.5 Å². The summed E-state index contributed by atoms with van der Waals surface area (Å²) in [4.78, 5) is 11.9. The van der Waals surface area contributed by atoms with Gasteiger partial charge in [-0.1, -0.05) is 0 Å². The van der Waals surface area contributed by atoms with Gasteiger partial charge in [-0.15, -0.1) is 0 Å². The van der Waals surface area contributed by atoms with E-state index in [1.807, 2.05) is 30.5 Å². The summed E-state index contributed by atoms with van der Waals surface area (Å²) in [5, 5.41) is 0. The highest BCUT2D eigenvalue weighted by Gasteiger charge is 2.08. The first-order valence-electron chi connectivity index (χ1n) is 5.84. The van der Waals surface area contributed by atoms with Crippen molar-refractivity contribution < 1.29 is 9.47 Å². The van der Waals surface area contributed by atoms with Gasteiger partial charge in [0.15, 0.2) is 17.1 Å². The van der Waals surface area contributed by atoms with Crippen molar-refractivity contribution in [1.29, 1.82) is 0 Å². The molecule has 0 saturated heterocycles. The maximum Gasteiger partial charge on any atom is 0.161 e. The Morgan fingerprint density at radius 1 is 1.05 bits per heavy atom. The molecule has 0 spiro atoms. The first-order valence-corrected chi connectivity index (χ1v) is 5.84. The smallest absolute Gasteiger partial charge is 0.161 e. The molecule has 0 aliphatic carbocycles. The summed E-state index contributed by atoms with van der Waals surface area (Å²) in [6.45, 7) is 0. The molecular weight excluding hydrogens is 242 g/mol. The molecule has 96 valence electrons. The SMILES string of the molecule is COc1ccc(-c2cnc3[nH]ccc3n2)cc1OC. The van der Waals surface area contributed by atoms with Crippen molar-refractivity contribution in [2.45, 2.75) is 0 Å². The number of aromatic nitrogens is 3. The van der Waals surface area contributed by atoms with Crippen molar-refractivity contribution in [2.24, 2.45) is 0 Å². The zero-order valence-electron chi connectivity index (χ0n) is 10.7. The second kappa shape index (κ2) is 4.61. The first kappa shape index (κ1) is 11.5. The predicted molar refractivity (Wildman–Crippen MR) is 72.4 cm³/mol. The molecule has 0 unspecified atom stereocenters. The van der Waals surface area contributed by atoms with Crippen LogP contribution in [0.4, 0.5) is 0 Å². The lowest BCUT2D eigenvalue weighted by molar-refractivity contribution is 0.355. The second-order valence-corrected chi connectivity index (χ2v) is 4.04. The summed E-state index contributed by atoms with van der Waals surface area (Å²) in [7, 11) is 3.23. The van der Waals surface area contributed by atoms with Gasteiger partial charge in [-0.25, -0.2) is 9.97 Å². The maximum atomic E-state index is 5.29. The molecule has 0 aliphatic heterocycles. The molecule has 3 aromatic rings. The molecule has 1 N–H and O–H groups in total. The molecule has 2 aromatic heterocycles. The zero-order chi connectivity index (χ0) is 13.2. The third-order valence-electron chi connectivity index (χ3n) is 2.94. The van der Waals surface area contributed by atoms with Crippen LogP contribution in [-0.2, 0) is 0 Å². The summed E-state index contributed by atoms with van der Waals surface area (Å²) < 4.78 is 10.5. The molecule has 2 heterocycles. The van der Waals surface area contributed by atoms with Gasteiger partial charge in [-0.05, 0) is 24.3 Å². The summed E-state index contributed by atoms with van der Waals surface area (Å²) in [5.41, 5.74) is 3.36. The molecular formula is C14H13N3O2. The van der Waals surface area contributed by atoms with Crippen LogP contribution in [0.5, 0.6) is 11.5 Å². The Labute approximate surface area is 110 Å². The molecule has 0 atom stereocenters. The van der Waals surface area contributed by atoms with Gasteiger partial charge in [-0.3, -0.25) is 0 Å². The topological polar surface area (TPSA) is 60.0 Å². The minimum atomic E-state index is 0.677. The monoisotopic (exact) mass is 255 g/mol. The van der Waals surface area contributed by atoms with Crippen LogP contribution < -0.4 is 9.47 Å². The highest BCUT2D eigenvalue weighted by molar-refractivity contribution is 5.74. The quantitative estimate of drug-likeness (QED) is 0.781. The number of nitrogens with one attached hydrogen (secondary N) is 1. The fourth-order valence-electron chi connectivity index (χ4n) is 1.96. The molecule has 19 heavy (non-hydrogen) atoms. The van der Waals surface area contributed by atoms with Gasteiger partial charge in [0.1, 0.15) is 5.52 Å². The van der Waals surface area contributed by atoms with Gasteiger partial charge in [0, 0.05) is 11.8 Å². The van der Waals surface area contributed by atoms with E-state index in [4.69, 9.17) is 9.47 Å². The normalized spacial score (nSPS) is 10.6.